The van der Waals surface area contributed by atoms with Gasteiger partial charge in [0, 0.05) is 24.6 Å². The number of benzene rings is 2. The van der Waals surface area contributed by atoms with Gasteiger partial charge in [0.15, 0.2) is 13.2 Å². The Morgan fingerprint density at radius 2 is 0.778 bits per heavy atom. The van der Waals surface area contributed by atoms with Gasteiger partial charge >= 0.3 is 24.1 Å². The molecule has 0 spiro atoms. The molecule has 0 unspecified atom stereocenters. The van der Waals surface area contributed by atoms with Gasteiger partial charge in [-0.3, -0.25) is 0 Å². The summed E-state index contributed by atoms with van der Waals surface area (Å²) in [6, 6.07) is 13.6. The summed E-state index contributed by atoms with van der Waals surface area (Å²) in [5.74, 6) is 1.30. The van der Waals surface area contributed by atoms with Crippen molar-refractivity contribution in [3.05, 3.63) is 59.7 Å². The maximum absolute atomic E-state index is 11.9. The Kier molecular flexibility index (Phi) is 27.1. The standard InChI is InChI=1S/C40H60N2O10S2/c43-37(44)31-49-35-21-17-33(18-22-35)29-51-39(47)41-25-13-9-5-1-3-7-11-15-27-53-54-28-16-12-8-4-2-6-10-14-26-42-40(48)52-30-34-19-23-36(24-20-34)50-32-38(45)46/h17-24H,1-16,25-32H2,(H,41,47)(H,42,48)(H,43,44)(H,45,46). The van der Waals surface area contributed by atoms with Gasteiger partial charge in [-0.2, -0.15) is 0 Å². The normalized spacial score (nSPS) is 10.7. The molecule has 302 valence electrons. The molecule has 0 heterocycles. The van der Waals surface area contributed by atoms with Crippen molar-refractivity contribution in [3.63, 3.8) is 0 Å². The molecule has 2 rings (SSSR count). The van der Waals surface area contributed by atoms with Crippen molar-refractivity contribution in [2.45, 2.75) is 116 Å². The number of nitrogens with one attached hydrogen (secondary N) is 2. The molecule has 54 heavy (non-hydrogen) atoms. The van der Waals surface area contributed by atoms with Crippen molar-refractivity contribution in [1.29, 1.82) is 0 Å². The predicted molar refractivity (Wildman–Crippen MR) is 214 cm³/mol. The van der Waals surface area contributed by atoms with Crippen molar-refractivity contribution < 1.29 is 48.3 Å². The van der Waals surface area contributed by atoms with Crippen LogP contribution in [-0.4, -0.2) is 72.1 Å². The van der Waals surface area contributed by atoms with Crippen LogP contribution < -0.4 is 20.1 Å². The first-order valence-corrected chi connectivity index (χ1v) is 21.7. The number of rotatable bonds is 33. The Hall–Kier alpha value is -3.78. The van der Waals surface area contributed by atoms with Gasteiger partial charge in [-0.25, -0.2) is 19.2 Å². The first-order chi connectivity index (χ1) is 26.3. The fraction of sp³-hybridized carbons (Fsp3) is 0.600. The number of ether oxygens (including phenoxy) is 4. The highest BCUT2D eigenvalue weighted by Crippen LogP contribution is 2.25. The third kappa shape index (κ3) is 26.9. The number of carbonyl (C=O) groups is 4. The number of carbonyl (C=O) groups excluding carboxylic acids is 2. The fourth-order valence-corrected chi connectivity index (χ4v) is 7.54. The van der Waals surface area contributed by atoms with Crippen LogP contribution >= 0.6 is 21.6 Å². The SMILES string of the molecule is O=C(O)COc1ccc(COC(=O)NCCCCCCCCCCSSCCCCCCCCCCNC(=O)OCc2ccc(OCC(=O)O)cc2)cc1. The quantitative estimate of drug-likeness (QED) is 0.0400. The molecule has 0 aromatic heterocycles. The van der Waals surface area contributed by atoms with E-state index in [1.54, 1.807) is 48.5 Å². The second-order valence-corrected chi connectivity index (χ2v) is 15.7. The first-order valence-electron chi connectivity index (χ1n) is 19.2. The minimum atomic E-state index is -1.03. The summed E-state index contributed by atoms with van der Waals surface area (Å²) >= 11 is 0. The molecule has 2 aromatic rings. The molecule has 14 heteroatoms. The number of aliphatic carboxylic acids is 2. The van der Waals surface area contributed by atoms with Crippen LogP contribution in [0.3, 0.4) is 0 Å². The zero-order chi connectivity index (χ0) is 38.9. The van der Waals surface area contributed by atoms with E-state index in [1.807, 2.05) is 21.6 Å². The molecule has 0 radical (unpaired) electrons. The largest absolute Gasteiger partial charge is 0.482 e. The first kappa shape index (κ1) is 46.4. The summed E-state index contributed by atoms with van der Waals surface area (Å²) in [5.41, 5.74) is 1.60. The van der Waals surface area contributed by atoms with E-state index in [-0.39, 0.29) is 13.2 Å². The van der Waals surface area contributed by atoms with Crippen LogP contribution in [0.5, 0.6) is 11.5 Å². The lowest BCUT2D eigenvalue weighted by Crippen LogP contribution is -2.25. The Labute approximate surface area is 328 Å². The molecule has 0 aliphatic heterocycles. The highest BCUT2D eigenvalue weighted by Gasteiger charge is 2.06. The summed E-state index contributed by atoms with van der Waals surface area (Å²) in [6.45, 7) is 0.722. The number of amides is 2. The summed E-state index contributed by atoms with van der Waals surface area (Å²) in [4.78, 5) is 44.9. The lowest BCUT2D eigenvalue weighted by molar-refractivity contribution is -0.140. The minimum Gasteiger partial charge on any atom is -0.482 e. The van der Waals surface area contributed by atoms with Crippen LogP contribution in [0.4, 0.5) is 9.59 Å². The van der Waals surface area contributed by atoms with E-state index in [4.69, 9.17) is 29.2 Å². The van der Waals surface area contributed by atoms with Crippen molar-refractivity contribution in [2.75, 3.05) is 37.8 Å². The molecule has 12 nitrogen and oxygen atoms in total. The number of hydrogen-bond donors (Lipinski definition) is 4. The van der Waals surface area contributed by atoms with Crippen LogP contribution in [0.2, 0.25) is 0 Å². The van der Waals surface area contributed by atoms with Gasteiger partial charge in [0.2, 0.25) is 0 Å². The van der Waals surface area contributed by atoms with E-state index in [9.17, 15) is 19.2 Å². The third-order valence-corrected chi connectivity index (χ3v) is 10.8. The molecule has 0 saturated heterocycles. The molecule has 0 saturated carbocycles. The predicted octanol–water partition coefficient (Wildman–Crippen LogP) is 9.39. The molecule has 4 N–H and O–H groups in total. The van der Waals surface area contributed by atoms with Crippen molar-refractivity contribution >= 4 is 45.7 Å². The van der Waals surface area contributed by atoms with Crippen molar-refractivity contribution in [1.82, 2.24) is 10.6 Å². The molecule has 0 bridgehead atoms. The van der Waals surface area contributed by atoms with Crippen LogP contribution in [0.1, 0.15) is 114 Å². The number of alkyl carbamates (subject to hydrolysis) is 2. The Morgan fingerprint density at radius 1 is 0.463 bits per heavy atom. The molecule has 2 aromatic carbocycles. The van der Waals surface area contributed by atoms with Gasteiger partial charge in [-0.05, 0) is 61.1 Å². The maximum atomic E-state index is 11.9. The van der Waals surface area contributed by atoms with Gasteiger partial charge < -0.3 is 39.8 Å². The van der Waals surface area contributed by atoms with Crippen LogP contribution in [-0.2, 0) is 32.3 Å². The highest BCUT2D eigenvalue weighted by atomic mass is 33.1. The average Bonchev–Trinajstić information content (AvgIpc) is 3.17. The van der Waals surface area contributed by atoms with Gasteiger partial charge in [0.25, 0.3) is 0 Å². The number of carboxylic acid groups (broad SMARTS) is 2. The molecule has 0 atom stereocenters. The van der Waals surface area contributed by atoms with Gasteiger partial charge in [0.05, 0.1) is 0 Å². The topological polar surface area (TPSA) is 170 Å². The minimum absolute atomic E-state index is 0.147. The molecular weight excluding hydrogens is 733 g/mol. The average molecular weight is 793 g/mol. The molecule has 2 amide bonds. The van der Waals surface area contributed by atoms with Crippen molar-refractivity contribution in [2.24, 2.45) is 0 Å². The monoisotopic (exact) mass is 792 g/mol. The van der Waals surface area contributed by atoms with Crippen molar-refractivity contribution in [3.8, 4) is 11.5 Å². The van der Waals surface area contributed by atoms with Crippen LogP contribution in [0, 0.1) is 0 Å². The Balaban J connectivity index is 1.24. The van der Waals surface area contributed by atoms with Gasteiger partial charge in [0.1, 0.15) is 24.7 Å². The second-order valence-electron chi connectivity index (χ2n) is 13.0. The molecular formula is C40H60N2O10S2. The van der Waals surface area contributed by atoms with E-state index in [0.29, 0.717) is 24.6 Å². The molecule has 0 aliphatic carbocycles. The number of hydrogen-bond acceptors (Lipinski definition) is 10. The van der Waals surface area contributed by atoms with Crippen LogP contribution in [0.15, 0.2) is 48.5 Å². The maximum Gasteiger partial charge on any atom is 0.407 e. The number of carboxylic acids is 2. The van der Waals surface area contributed by atoms with Gasteiger partial charge in [-0.1, -0.05) is 123 Å². The lowest BCUT2D eigenvalue weighted by Gasteiger charge is -2.08. The van der Waals surface area contributed by atoms with Gasteiger partial charge in [-0.15, -0.1) is 0 Å². The summed E-state index contributed by atoms with van der Waals surface area (Å²) in [5, 5.41) is 22.9. The van der Waals surface area contributed by atoms with E-state index in [0.717, 1.165) is 36.8 Å². The number of unbranched alkanes of at least 4 members (excludes halogenated alkanes) is 14. The van der Waals surface area contributed by atoms with E-state index in [2.05, 4.69) is 10.6 Å². The Morgan fingerprint density at radius 3 is 1.11 bits per heavy atom. The summed E-state index contributed by atoms with van der Waals surface area (Å²) < 4.78 is 20.6. The highest BCUT2D eigenvalue weighted by molar-refractivity contribution is 8.76. The fourth-order valence-electron chi connectivity index (χ4n) is 5.25. The van der Waals surface area contributed by atoms with E-state index < -0.39 is 37.3 Å². The summed E-state index contributed by atoms with van der Waals surface area (Å²) in [6.07, 6.45) is 18.3. The van der Waals surface area contributed by atoms with E-state index in [1.165, 1.54) is 88.6 Å². The zero-order valence-corrected chi connectivity index (χ0v) is 33.2. The Bertz CT molecular complexity index is 1200. The van der Waals surface area contributed by atoms with E-state index >= 15 is 0 Å². The third-order valence-electron chi connectivity index (χ3n) is 8.24. The zero-order valence-electron chi connectivity index (χ0n) is 31.6. The second kappa shape index (κ2) is 31.6. The van der Waals surface area contributed by atoms with Crippen LogP contribution in [0.25, 0.3) is 0 Å². The smallest absolute Gasteiger partial charge is 0.407 e. The molecule has 0 aliphatic rings. The lowest BCUT2D eigenvalue weighted by atomic mass is 10.1. The molecule has 0 fully saturated rings. The summed E-state index contributed by atoms with van der Waals surface area (Å²) in [7, 11) is 4.03.